The average molecular weight is 234 g/mol. The van der Waals surface area contributed by atoms with Crippen LogP contribution in [0.4, 0.5) is 5.69 Å². The number of benzene rings is 1. The number of anilines is 1. The molecule has 0 amide bonds. The third-order valence-electron chi connectivity index (χ3n) is 3.07. The van der Waals surface area contributed by atoms with Crippen LogP contribution in [-0.4, -0.2) is 27.2 Å². The minimum atomic E-state index is 1.13. The SMILES string of the molecule is CNCCCCCN(C)c1cc(C)cc(C)c1. The van der Waals surface area contributed by atoms with E-state index >= 15 is 0 Å². The van der Waals surface area contributed by atoms with Crippen molar-refractivity contribution in [3.8, 4) is 0 Å². The lowest BCUT2D eigenvalue weighted by Gasteiger charge is -2.20. The lowest BCUT2D eigenvalue weighted by Crippen LogP contribution is -2.19. The fourth-order valence-corrected chi connectivity index (χ4v) is 2.13. The van der Waals surface area contributed by atoms with Gasteiger partial charge in [0.1, 0.15) is 0 Å². The van der Waals surface area contributed by atoms with Crippen LogP contribution < -0.4 is 10.2 Å². The van der Waals surface area contributed by atoms with Crippen molar-refractivity contribution in [3.05, 3.63) is 29.3 Å². The summed E-state index contributed by atoms with van der Waals surface area (Å²) in [6, 6.07) is 6.76. The van der Waals surface area contributed by atoms with E-state index in [1.165, 1.54) is 36.1 Å². The van der Waals surface area contributed by atoms with Gasteiger partial charge in [0.15, 0.2) is 0 Å². The molecule has 0 spiro atoms. The number of hydrogen-bond acceptors (Lipinski definition) is 2. The Balaban J connectivity index is 2.38. The van der Waals surface area contributed by atoms with E-state index in [1.807, 2.05) is 7.05 Å². The molecule has 1 rings (SSSR count). The van der Waals surface area contributed by atoms with Gasteiger partial charge in [-0.25, -0.2) is 0 Å². The molecule has 0 aliphatic heterocycles. The molecule has 96 valence electrons. The molecule has 0 aliphatic rings. The second-order valence-electron chi connectivity index (χ2n) is 4.93. The van der Waals surface area contributed by atoms with E-state index in [9.17, 15) is 0 Å². The van der Waals surface area contributed by atoms with E-state index in [0.717, 1.165) is 13.1 Å². The Hall–Kier alpha value is -1.02. The van der Waals surface area contributed by atoms with Crippen molar-refractivity contribution in [3.63, 3.8) is 0 Å². The van der Waals surface area contributed by atoms with Crippen molar-refractivity contribution < 1.29 is 0 Å². The molecule has 0 heterocycles. The molecule has 0 aromatic heterocycles. The Morgan fingerprint density at radius 1 is 1.00 bits per heavy atom. The van der Waals surface area contributed by atoms with Crippen LogP contribution in [0, 0.1) is 13.8 Å². The van der Waals surface area contributed by atoms with E-state index in [4.69, 9.17) is 0 Å². The van der Waals surface area contributed by atoms with Gasteiger partial charge in [-0.05, 0) is 63.5 Å². The Labute approximate surface area is 106 Å². The topological polar surface area (TPSA) is 15.3 Å². The van der Waals surface area contributed by atoms with Crippen LogP contribution in [0.5, 0.6) is 0 Å². The molecule has 1 N–H and O–H groups in total. The number of unbranched alkanes of at least 4 members (excludes halogenated alkanes) is 2. The largest absolute Gasteiger partial charge is 0.375 e. The van der Waals surface area contributed by atoms with Crippen LogP contribution >= 0.6 is 0 Å². The molecule has 0 radical (unpaired) electrons. The van der Waals surface area contributed by atoms with Crippen LogP contribution in [0.1, 0.15) is 30.4 Å². The molecular formula is C15H26N2. The number of nitrogens with zero attached hydrogens (tertiary/aromatic N) is 1. The fourth-order valence-electron chi connectivity index (χ4n) is 2.13. The first-order chi connectivity index (χ1) is 8.13. The van der Waals surface area contributed by atoms with Gasteiger partial charge in [-0.3, -0.25) is 0 Å². The molecule has 0 aliphatic carbocycles. The van der Waals surface area contributed by atoms with E-state index in [1.54, 1.807) is 0 Å². The standard InChI is InChI=1S/C15H26N2/c1-13-10-14(2)12-15(11-13)17(4)9-7-5-6-8-16-3/h10-12,16H,5-9H2,1-4H3. The van der Waals surface area contributed by atoms with E-state index in [0.29, 0.717) is 0 Å². The lowest BCUT2D eigenvalue weighted by atomic mass is 10.1. The Morgan fingerprint density at radius 3 is 2.24 bits per heavy atom. The molecule has 0 fully saturated rings. The number of hydrogen-bond donors (Lipinski definition) is 1. The van der Waals surface area contributed by atoms with Gasteiger partial charge in [0.2, 0.25) is 0 Å². The maximum Gasteiger partial charge on any atom is 0.0368 e. The van der Waals surface area contributed by atoms with E-state index < -0.39 is 0 Å². The first-order valence-corrected chi connectivity index (χ1v) is 6.57. The van der Waals surface area contributed by atoms with Gasteiger partial charge in [-0.2, -0.15) is 0 Å². The number of nitrogens with one attached hydrogen (secondary N) is 1. The minimum absolute atomic E-state index is 1.13. The average Bonchev–Trinajstić information content (AvgIpc) is 2.27. The number of rotatable bonds is 7. The summed E-state index contributed by atoms with van der Waals surface area (Å²) < 4.78 is 0. The second kappa shape index (κ2) is 7.33. The molecule has 2 nitrogen and oxygen atoms in total. The molecule has 0 saturated heterocycles. The third-order valence-corrected chi connectivity index (χ3v) is 3.07. The Morgan fingerprint density at radius 2 is 1.65 bits per heavy atom. The van der Waals surface area contributed by atoms with Crippen LogP contribution in [0.3, 0.4) is 0 Å². The van der Waals surface area contributed by atoms with Gasteiger partial charge in [0.25, 0.3) is 0 Å². The highest BCUT2D eigenvalue weighted by atomic mass is 15.1. The highest BCUT2D eigenvalue weighted by Crippen LogP contribution is 2.17. The predicted molar refractivity (Wildman–Crippen MR) is 77.0 cm³/mol. The highest BCUT2D eigenvalue weighted by molar-refractivity contribution is 5.50. The zero-order valence-electron chi connectivity index (χ0n) is 11.7. The number of aryl methyl sites for hydroxylation is 2. The lowest BCUT2D eigenvalue weighted by molar-refractivity contribution is 0.639. The van der Waals surface area contributed by atoms with Crippen LogP contribution in [0.15, 0.2) is 18.2 Å². The monoisotopic (exact) mass is 234 g/mol. The summed E-state index contributed by atoms with van der Waals surface area (Å²) in [6.07, 6.45) is 3.85. The van der Waals surface area contributed by atoms with Gasteiger partial charge >= 0.3 is 0 Å². The molecule has 2 heteroatoms. The summed E-state index contributed by atoms with van der Waals surface area (Å²) in [6.45, 7) is 6.61. The molecule has 17 heavy (non-hydrogen) atoms. The van der Waals surface area contributed by atoms with Crippen molar-refractivity contribution in [2.24, 2.45) is 0 Å². The van der Waals surface area contributed by atoms with Crippen molar-refractivity contribution in [2.45, 2.75) is 33.1 Å². The quantitative estimate of drug-likeness (QED) is 0.729. The molecule has 0 bridgehead atoms. The zero-order chi connectivity index (χ0) is 12.7. The first-order valence-electron chi connectivity index (χ1n) is 6.57. The maximum absolute atomic E-state index is 3.19. The van der Waals surface area contributed by atoms with Gasteiger partial charge in [0.05, 0.1) is 0 Å². The molecule has 1 aromatic carbocycles. The Bertz CT molecular complexity index is 313. The third kappa shape index (κ3) is 5.22. The first kappa shape index (κ1) is 14.0. The molecule has 0 atom stereocenters. The molecule has 1 aromatic rings. The smallest absolute Gasteiger partial charge is 0.0368 e. The summed E-state index contributed by atoms with van der Waals surface area (Å²) in [5, 5.41) is 3.19. The van der Waals surface area contributed by atoms with Gasteiger partial charge < -0.3 is 10.2 Å². The van der Waals surface area contributed by atoms with Gasteiger partial charge in [-0.1, -0.05) is 12.5 Å². The van der Waals surface area contributed by atoms with Crippen molar-refractivity contribution in [1.29, 1.82) is 0 Å². The van der Waals surface area contributed by atoms with Crippen molar-refractivity contribution in [2.75, 3.05) is 32.1 Å². The highest BCUT2D eigenvalue weighted by Gasteiger charge is 2.01. The van der Waals surface area contributed by atoms with Crippen LogP contribution in [0.25, 0.3) is 0 Å². The van der Waals surface area contributed by atoms with Crippen LogP contribution in [0.2, 0.25) is 0 Å². The summed E-state index contributed by atoms with van der Waals surface area (Å²) in [4.78, 5) is 2.36. The minimum Gasteiger partial charge on any atom is -0.375 e. The summed E-state index contributed by atoms with van der Waals surface area (Å²) in [5.41, 5.74) is 4.04. The molecular weight excluding hydrogens is 208 g/mol. The van der Waals surface area contributed by atoms with Crippen LogP contribution in [-0.2, 0) is 0 Å². The summed E-state index contributed by atoms with van der Waals surface area (Å²) >= 11 is 0. The maximum atomic E-state index is 3.19. The van der Waals surface area contributed by atoms with E-state index in [-0.39, 0.29) is 0 Å². The molecule has 0 saturated carbocycles. The van der Waals surface area contributed by atoms with Crippen molar-refractivity contribution >= 4 is 5.69 Å². The second-order valence-corrected chi connectivity index (χ2v) is 4.93. The fraction of sp³-hybridized carbons (Fsp3) is 0.600. The van der Waals surface area contributed by atoms with E-state index in [2.05, 4.69) is 49.3 Å². The predicted octanol–water partition coefficient (Wildman–Crippen LogP) is 3.13. The van der Waals surface area contributed by atoms with Gasteiger partial charge in [-0.15, -0.1) is 0 Å². The normalized spacial score (nSPS) is 10.6. The summed E-state index contributed by atoms with van der Waals surface area (Å²) in [7, 11) is 4.20. The summed E-state index contributed by atoms with van der Waals surface area (Å²) in [5.74, 6) is 0. The zero-order valence-corrected chi connectivity index (χ0v) is 11.7. The molecule has 0 unspecified atom stereocenters. The van der Waals surface area contributed by atoms with Crippen molar-refractivity contribution in [1.82, 2.24) is 5.32 Å². The Kier molecular flexibility index (Phi) is 6.06. The van der Waals surface area contributed by atoms with Gasteiger partial charge in [0, 0.05) is 19.3 Å².